The molecule has 0 saturated heterocycles. The molecule has 0 aliphatic heterocycles. The van der Waals surface area contributed by atoms with E-state index in [4.69, 9.17) is 0 Å². The van der Waals surface area contributed by atoms with Crippen LogP contribution in [0.5, 0.6) is 0 Å². The van der Waals surface area contributed by atoms with Crippen LogP contribution >= 0.6 is 0 Å². The van der Waals surface area contributed by atoms with Crippen molar-refractivity contribution in [2.45, 2.75) is 46.0 Å². The summed E-state index contributed by atoms with van der Waals surface area (Å²) in [6.45, 7) is 6.67. The third-order valence-electron chi connectivity index (χ3n) is 2.83. The zero-order valence-corrected chi connectivity index (χ0v) is 11.8. The Bertz CT molecular complexity index is 190. The van der Waals surface area contributed by atoms with E-state index in [1.165, 1.54) is 32.1 Å². The normalized spacial score (nSPS) is 11.7. The van der Waals surface area contributed by atoms with Crippen LogP contribution in [0.1, 0.15) is 46.0 Å². The Morgan fingerprint density at radius 2 is 1.38 bits per heavy atom. The van der Waals surface area contributed by atoms with E-state index < -0.39 is 0 Å². The van der Waals surface area contributed by atoms with Gasteiger partial charge in [0.2, 0.25) is 0 Å². The quantitative estimate of drug-likeness (QED) is 0.378. The summed E-state index contributed by atoms with van der Waals surface area (Å²) in [6.07, 6.45) is 6.31. The molecule has 0 aromatic carbocycles. The summed E-state index contributed by atoms with van der Waals surface area (Å²) in [5.74, 6) is 1.12. The first-order chi connectivity index (χ1) is 7.67. The molecule has 3 nitrogen and oxygen atoms in total. The van der Waals surface area contributed by atoms with E-state index in [9.17, 15) is 0 Å². The minimum absolute atomic E-state index is 1.10. The maximum Gasteiger partial charge on any atom is 0.195 e. The van der Waals surface area contributed by atoms with Gasteiger partial charge in [-0.3, -0.25) is 4.99 Å². The topological polar surface area (TPSA) is 18.8 Å². The van der Waals surface area contributed by atoms with E-state index in [2.05, 4.69) is 42.7 Å². The van der Waals surface area contributed by atoms with Crippen molar-refractivity contribution >= 4 is 5.96 Å². The molecule has 96 valence electrons. The fourth-order valence-corrected chi connectivity index (χ4v) is 1.83. The molecule has 0 radical (unpaired) electrons. The van der Waals surface area contributed by atoms with Crippen LogP contribution in [-0.4, -0.2) is 50.0 Å². The summed E-state index contributed by atoms with van der Waals surface area (Å²) in [5.41, 5.74) is 0. The number of hydrogen-bond acceptors (Lipinski definition) is 1. The second-order valence-corrected chi connectivity index (χ2v) is 4.43. The molecule has 0 N–H and O–H groups in total. The monoisotopic (exact) mass is 227 g/mol. The van der Waals surface area contributed by atoms with Crippen molar-refractivity contribution in [2.75, 3.05) is 34.2 Å². The first-order valence-corrected chi connectivity index (χ1v) is 6.56. The summed E-state index contributed by atoms with van der Waals surface area (Å²) >= 11 is 0. The van der Waals surface area contributed by atoms with E-state index in [-0.39, 0.29) is 0 Å². The van der Waals surface area contributed by atoms with Gasteiger partial charge in [-0.25, -0.2) is 0 Å². The second-order valence-electron chi connectivity index (χ2n) is 4.43. The summed E-state index contributed by atoms with van der Waals surface area (Å²) in [4.78, 5) is 8.92. The highest BCUT2D eigenvalue weighted by atomic mass is 15.3. The number of rotatable bonds is 7. The van der Waals surface area contributed by atoms with Crippen LogP contribution in [0.25, 0.3) is 0 Å². The average molecular weight is 227 g/mol. The zero-order valence-electron chi connectivity index (χ0n) is 11.8. The van der Waals surface area contributed by atoms with Crippen LogP contribution in [0.4, 0.5) is 0 Å². The Morgan fingerprint density at radius 3 is 1.81 bits per heavy atom. The number of aliphatic imine (C=N–C) groups is 1. The minimum Gasteiger partial charge on any atom is -0.346 e. The summed E-state index contributed by atoms with van der Waals surface area (Å²) in [5, 5.41) is 0. The lowest BCUT2D eigenvalue weighted by Gasteiger charge is -2.29. The molecule has 0 aromatic rings. The van der Waals surface area contributed by atoms with E-state index in [1.54, 1.807) is 0 Å². The third kappa shape index (κ3) is 5.99. The number of unbranched alkanes of at least 4 members (excludes halogenated alkanes) is 3. The van der Waals surface area contributed by atoms with Crippen LogP contribution < -0.4 is 0 Å². The van der Waals surface area contributed by atoms with Gasteiger partial charge in [-0.05, 0) is 12.8 Å². The van der Waals surface area contributed by atoms with E-state index in [0.717, 1.165) is 19.0 Å². The highest BCUT2D eigenvalue weighted by Crippen LogP contribution is 2.01. The van der Waals surface area contributed by atoms with Crippen molar-refractivity contribution in [2.24, 2.45) is 4.99 Å². The molecule has 0 bridgehead atoms. The Labute approximate surface area is 102 Å². The van der Waals surface area contributed by atoms with Crippen molar-refractivity contribution in [3.05, 3.63) is 0 Å². The summed E-state index contributed by atoms with van der Waals surface area (Å²) < 4.78 is 0. The minimum atomic E-state index is 1.10. The van der Waals surface area contributed by atoms with Gasteiger partial charge in [-0.1, -0.05) is 33.1 Å². The molecule has 0 saturated carbocycles. The molecule has 0 rings (SSSR count). The third-order valence-corrected chi connectivity index (χ3v) is 2.83. The van der Waals surface area contributed by atoms with E-state index in [1.807, 2.05) is 7.05 Å². The van der Waals surface area contributed by atoms with Crippen LogP contribution in [0.3, 0.4) is 0 Å². The van der Waals surface area contributed by atoms with Gasteiger partial charge in [0.15, 0.2) is 5.96 Å². The Kier molecular flexibility index (Phi) is 9.06. The molecule has 0 aromatic heterocycles. The Balaban J connectivity index is 4.05. The van der Waals surface area contributed by atoms with E-state index >= 15 is 0 Å². The van der Waals surface area contributed by atoms with Crippen molar-refractivity contribution in [3.63, 3.8) is 0 Å². The lowest BCUT2D eigenvalue weighted by molar-refractivity contribution is 0.374. The highest BCUT2D eigenvalue weighted by molar-refractivity contribution is 5.79. The highest BCUT2D eigenvalue weighted by Gasteiger charge is 2.09. The summed E-state index contributed by atoms with van der Waals surface area (Å²) in [7, 11) is 6.16. The first-order valence-electron chi connectivity index (χ1n) is 6.56. The van der Waals surface area contributed by atoms with Gasteiger partial charge >= 0.3 is 0 Å². The van der Waals surface area contributed by atoms with Crippen molar-refractivity contribution in [1.82, 2.24) is 9.80 Å². The molecule has 0 aliphatic rings. The van der Waals surface area contributed by atoms with Crippen molar-refractivity contribution in [3.8, 4) is 0 Å². The number of guanidine groups is 1. The average Bonchev–Trinajstić information content (AvgIpc) is 2.27. The maximum absolute atomic E-state index is 4.39. The maximum atomic E-state index is 4.39. The largest absolute Gasteiger partial charge is 0.346 e. The standard InChI is InChI=1S/C13H29N3/c1-6-8-10-12-16(5)13(14-3)15(4)11-9-7-2/h6-12H2,1-5H3. The molecule has 0 fully saturated rings. The van der Waals surface area contributed by atoms with Crippen LogP contribution in [0.2, 0.25) is 0 Å². The molecule has 0 spiro atoms. The molecule has 0 atom stereocenters. The SMILES string of the molecule is CCCCCN(C)C(=NC)N(C)CCCC. The Hall–Kier alpha value is -0.730. The summed E-state index contributed by atoms with van der Waals surface area (Å²) in [6, 6.07) is 0. The molecule has 0 unspecified atom stereocenters. The van der Waals surface area contributed by atoms with Gasteiger partial charge in [-0.15, -0.1) is 0 Å². The predicted octanol–water partition coefficient (Wildman–Crippen LogP) is 2.83. The smallest absolute Gasteiger partial charge is 0.195 e. The molecular formula is C13H29N3. The molecule has 3 heteroatoms. The van der Waals surface area contributed by atoms with Gasteiger partial charge in [0, 0.05) is 34.2 Å². The van der Waals surface area contributed by atoms with Crippen molar-refractivity contribution in [1.29, 1.82) is 0 Å². The number of hydrogen-bond donors (Lipinski definition) is 0. The Morgan fingerprint density at radius 1 is 0.875 bits per heavy atom. The predicted molar refractivity (Wildman–Crippen MR) is 73.1 cm³/mol. The van der Waals surface area contributed by atoms with Gasteiger partial charge < -0.3 is 9.80 Å². The van der Waals surface area contributed by atoms with Gasteiger partial charge in [-0.2, -0.15) is 0 Å². The van der Waals surface area contributed by atoms with Gasteiger partial charge in [0.25, 0.3) is 0 Å². The van der Waals surface area contributed by atoms with Gasteiger partial charge in [0.05, 0.1) is 0 Å². The molecule has 0 amide bonds. The van der Waals surface area contributed by atoms with Crippen LogP contribution in [-0.2, 0) is 0 Å². The lowest BCUT2D eigenvalue weighted by atomic mass is 10.2. The zero-order chi connectivity index (χ0) is 12.4. The lowest BCUT2D eigenvalue weighted by Crippen LogP contribution is -2.41. The molecular weight excluding hydrogens is 198 g/mol. The molecule has 16 heavy (non-hydrogen) atoms. The molecule has 0 heterocycles. The fourth-order valence-electron chi connectivity index (χ4n) is 1.83. The van der Waals surface area contributed by atoms with Gasteiger partial charge in [0.1, 0.15) is 0 Å². The number of nitrogens with zero attached hydrogens (tertiary/aromatic N) is 3. The van der Waals surface area contributed by atoms with Crippen LogP contribution in [0.15, 0.2) is 4.99 Å². The second kappa shape index (κ2) is 9.49. The molecule has 0 aliphatic carbocycles. The van der Waals surface area contributed by atoms with Crippen LogP contribution in [0, 0.1) is 0 Å². The van der Waals surface area contributed by atoms with E-state index in [0.29, 0.717) is 0 Å². The van der Waals surface area contributed by atoms with Crippen molar-refractivity contribution < 1.29 is 0 Å². The first kappa shape index (κ1) is 15.3. The fraction of sp³-hybridized carbons (Fsp3) is 0.923.